The number of carbonyl (C=O) groups is 1. The number of nitriles is 1. The molecule has 1 aromatic heterocycles. The number of amides is 1. The van der Waals surface area contributed by atoms with Crippen LogP contribution in [0.15, 0.2) is 5.16 Å². The highest BCUT2D eigenvalue weighted by Gasteiger charge is 2.27. The zero-order valence-corrected chi connectivity index (χ0v) is 19.0. The maximum Gasteiger partial charge on any atom is 0.234 e. The molecule has 164 valence electrons. The maximum atomic E-state index is 12.9. The number of fused-ring (bicyclic) bond motifs is 3. The van der Waals surface area contributed by atoms with E-state index in [0.717, 1.165) is 49.8 Å². The molecule has 1 heterocycles. The van der Waals surface area contributed by atoms with E-state index in [9.17, 15) is 15.2 Å². The van der Waals surface area contributed by atoms with Gasteiger partial charge in [-0.25, -0.2) is 0 Å². The van der Waals surface area contributed by atoms with Crippen molar-refractivity contribution < 1.29 is 9.90 Å². The highest BCUT2D eigenvalue weighted by Crippen LogP contribution is 2.40. The molecule has 7 nitrogen and oxygen atoms in total. The lowest BCUT2D eigenvalue weighted by Crippen LogP contribution is -2.22. The first kappa shape index (κ1) is 21.8. The Labute approximate surface area is 187 Å². The number of hydrogen-bond donors (Lipinski definition) is 2. The summed E-state index contributed by atoms with van der Waals surface area (Å²) in [6.07, 6.45) is 8.43. The zero-order valence-electron chi connectivity index (χ0n) is 18.2. The van der Waals surface area contributed by atoms with Gasteiger partial charge < -0.3 is 15.0 Å². The normalized spacial score (nSPS) is 16.2. The molecule has 0 saturated heterocycles. The fourth-order valence-corrected chi connectivity index (χ4v) is 5.54. The van der Waals surface area contributed by atoms with Gasteiger partial charge in [-0.2, -0.15) is 5.26 Å². The summed E-state index contributed by atoms with van der Waals surface area (Å²) in [7, 11) is 1.84. The van der Waals surface area contributed by atoms with Crippen LogP contribution in [0.4, 0.5) is 5.69 Å². The second-order valence-electron chi connectivity index (χ2n) is 8.54. The Hall–Kier alpha value is -2.37. The number of carbonyl (C=O) groups excluding carboxylic acids is 1. The monoisotopic (exact) mass is 439 g/mol. The fraction of sp³-hybridized carbons (Fsp3) is 0.565. The maximum absolute atomic E-state index is 12.9. The van der Waals surface area contributed by atoms with Gasteiger partial charge in [0.05, 0.1) is 23.1 Å². The number of thioether (sulfide) groups is 1. The first-order valence-corrected chi connectivity index (χ1v) is 12.1. The Morgan fingerprint density at radius 2 is 1.74 bits per heavy atom. The van der Waals surface area contributed by atoms with Crippen molar-refractivity contribution in [1.82, 2.24) is 14.8 Å². The largest absolute Gasteiger partial charge is 0.393 e. The van der Waals surface area contributed by atoms with Crippen molar-refractivity contribution in [2.75, 3.05) is 11.1 Å². The molecule has 31 heavy (non-hydrogen) atoms. The highest BCUT2D eigenvalue weighted by molar-refractivity contribution is 7.99. The third-order valence-electron chi connectivity index (χ3n) is 6.27. The number of hydrogen-bond acceptors (Lipinski definition) is 6. The molecule has 0 aliphatic heterocycles. The number of nitrogens with zero attached hydrogens (tertiary/aromatic N) is 4. The van der Waals surface area contributed by atoms with Gasteiger partial charge in [0.1, 0.15) is 11.9 Å². The van der Waals surface area contributed by atoms with Gasteiger partial charge in [-0.1, -0.05) is 11.8 Å². The topological polar surface area (TPSA) is 104 Å². The predicted molar refractivity (Wildman–Crippen MR) is 120 cm³/mol. The van der Waals surface area contributed by atoms with Gasteiger partial charge in [0.15, 0.2) is 5.16 Å². The predicted octanol–water partition coefficient (Wildman–Crippen LogP) is 3.10. The summed E-state index contributed by atoms with van der Waals surface area (Å²) in [5.41, 5.74) is 6.53. The molecule has 0 fully saturated rings. The molecule has 8 heteroatoms. The Kier molecular flexibility index (Phi) is 6.63. The number of benzene rings is 1. The van der Waals surface area contributed by atoms with Crippen LogP contribution in [-0.4, -0.2) is 37.6 Å². The van der Waals surface area contributed by atoms with Gasteiger partial charge in [0.2, 0.25) is 5.91 Å². The van der Waals surface area contributed by atoms with E-state index >= 15 is 0 Å². The first-order chi connectivity index (χ1) is 15.0. The minimum Gasteiger partial charge on any atom is -0.393 e. The van der Waals surface area contributed by atoms with Crippen LogP contribution in [0.1, 0.15) is 66.2 Å². The van der Waals surface area contributed by atoms with Gasteiger partial charge in [-0.3, -0.25) is 4.79 Å². The Bertz CT molecular complexity index is 1040. The van der Waals surface area contributed by atoms with Crippen molar-refractivity contribution >= 4 is 23.4 Å². The minimum absolute atomic E-state index is 0.134. The van der Waals surface area contributed by atoms with Crippen LogP contribution in [0.3, 0.4) is 0 Å². The van der Waals surface area contributed by atoms with Gasteiger partial charge in [0, 0.05) is 13.5 Å². The number of anilines is 1. The van der Waals surface area contributed by atoms with E-state index in [-0.39, 0.29) is 11.7 Å². The van der Waals surface area contributed by atoms with E-state index < -0.39 is 6.10 Å². The molecule has 1 amide bonds. The van der Waals surface area contributed by atoms with Crippen LogP contribution in [0.5, 0.6) is 0 Å². The second kappa shape index (κ2) is 9.41. The van der Waals surface area contributed by atoms with Crippen molar-refractivity contribution in [3.05, 3.63) is 33.6 Å². The summed E-state index contributed by atoms with van der Waals surface area (Å²) in [5, 5.41) is 31.5. The molecule has 1 atom stereocenters. The van der Waals surface area contributed by atoms with Crippen LogP contribution < -0.4 is 5.32 Å². The lowest BCUT2D eigenvalue weighted by molar-refractivity contribution is -0.113. The van der Waals surface area contributed by atoms with Crippen LogP contribution in [0, 0.1) is 11.3 Å². The Morgan fingerprint density at radius 1 is 1.13 bits per heavy atom. The molecule has 4 rings (SSSR count). The van der Waals surface area contributed by atoms with Crippen molar-refractivity contribution in [3.8, 4) is 6.07 Å². The molecule has 0 radical (unpaired) electrons. The van der Waals surface area contributed by atoms with Crippen LogP contribution in [-0.2, 0) is 43.9 Å². The summed E-state index contributed by atoms with van der Waals surface area (Å²) < 4.78 is 1.81. The summed E-state index contributed by atoms with van der Waals surface area (Å²) in [5.74, 6) is 0.746. The van der Waals surface area contributed by atoms with Crippen molar-refractivity contribution in [1.29, 1.82) is 5.26 Å². The van der Waals surface area contributed by atoms with E-state index in [4.69, 9.17) is 0 Å². The van der Waals surface area contributed by atoms with Crippen LogP contribution in [0.25, 0.3) is 0 Å². The molecular weight excluding hydrogens is 410 g/mol. The number of aliphatic hydroxyl groups excluding tert-OH is 1. The summed E-state index contributed by atoms with van der Waals surface area (Å²) in [6.45, 7) is 1.71. The average Bonchev–Trinajstić information content (AvgIpc) is 3.11. The van der Waals surface area contributed by atoms with E-state index in [1.165, 1.54) is 41.3 Å². The molecule has 1 aromatic carbocycles. The number of aliphatic hydroxyl groups is 1. The quantitative estimate of drug-likeness (QED) is 0.671. The molecule has 0 unspecified atom stereocenters. The van der Waals surface area contributed by atoms with Crippen LogP contribution >= 0.6 is 11.8 Å². The number of nitrogens with one attached hydrogen (secondary N) is 1. The molecule has 0 saturated carbocycles. The Balaban J connectivity index is 1.55. The average molecular weight is 440 g/mol. The molecule has 2 aliphatic rings. The van der Waals surface area contributed by atoms with Crippen molar-refractivity contribution in [3.63, 3.8) is 0 Å². The standard InChI is InChI=1S/C23H29N5O2S/c1-14(29)11-20-26-27-23(28(20)2)31-13-21(30)25-22-18-10-6-5-8-16(18)15-7-3-4-9-17(15)19(22)12-24/h14,29H,3-11,13H2,1-2H3,(H,25,30)/t14-/m1/s1. The SMILES string of the molecule is C[C@@H](O)Cc1nnc(SCC(=O)Nc2c(C#N)c3c(c4c2CCCC4)CCCC3)n1C. The highest BCUT2D eigenvalue weighted by atomic mass is 32.2. The van der Waals surface area contributed by atoms with Crippen LogP contribution in [0.2, 0.25) is 0 Å². The summed E-state index contributed by atoms with van der Waals surface area (Å²) in [4.78, 5) is 12.9. The minimum atomic E-state index is -0.497. The molecule has 2 N–H and O–H groups in total. The van der Waals surface area contributed by atoms with E-state index in [0.29, 0.717) is 23.0 Å². The smallest absolute Gasteiger partial charge is 0.234 e. The lowest BCUT2D eigenvalue weighted by Gasteiger charge is -2.29. The van der Waals surface area contributed by atoms with E-state index in [2.05, 4.69) is 21.6 Å². The third kappa shape index (κ3) is 4.48. The molecular formula is C23H29N5O2S. The lowest BCUT2D eigenvalue weighted by atomic mass is 9.77. The van der Waals surface area contributed by atoms with Crippen molar-refractivity contribution in [2.45, 2.75) is 76.0 Å². The summed E-state index contributed by atoms with van der Waals surface area (Å²) in [6, 6.07) is 2.41. The number of rotatable bonds is 6. The first-order valence-electron chi connectivity index (χ1n) is 11.1. The second-order valence-corrected chi connectivity index (χ2v) is 9.48. The van der Waals surface area contributed by atoms with Gasteiger partial charge in [-0.05, 0) is 80.5 Å². The third-order valence-corrected chi connectivity index (χ3v) is 7.29. The Morgan fingerprint density at radius 3 is 2.39 bits per heavy atom. The molecule has 2 aliphatic carbocycles. The van der Waals surface area contributed by atoms with E-state index in [1.807, 2.05) is 11.6 Å². The van der Waals surface area contributed by atoms with E-state index in [1.54, 1.807) is 6.92 Å². The molecule has 0 bridgehead atoms. The van der Waals surface area contributed by atoms with Gasteiger partial charge in [0.25, 0.3) is 0 Å². The summed E-state index contributed by atoms with van der Waals surface area (Å²) >= 11 is 1.31. The van der Waals surface area contributed by atoms with Gasteiger partial charge >= 0.3 is 0 Å². The van der Waals surface area contributed by atoms with Crippen molar-refractivity contribution in [2.24, 2.45) is 7.05 Å². The fourth-order valence-electron chi connectivity index (χ4n) is 4.81. The molecule has 0 spiro atoms. The zero-order chi connectivity index (χ0) is 22.0. The molecule has 2 aromatic rings. The van der Waals surface area contributed by atoms with Gasteiger partial charge in [-0.15, -0.1) is 10.2 Å². The number of aromatic nitrogens is 3.